The van der Waals surface area contributed by atoms with Gasteiger partial charge in [0.2, 0.25) is 0 Å². The van der Waals surface area contributed by atoms with Crippen LogP contribution in [0.25, 0.3) is 10.8 Å². The van der Waals surface area contributed by atoms with E-state index >= 15 is 0 Å². The average Bonchev–Trinajstić information content (AvgIpc) is 2.43. The SMILES string of the molecule is COCCc1ccc2cc(C)c(OC)c(OC)c2c1. The monoisotopic (exact) mass is 260 g/mol. The van der Waals surface area contributed by atoms with Crippen molar-refractivity contribution >= 4 is 10.8 Å². The molecule has 19 heavy (non-hydrogen) atoms. The molecule has 2 aromatic rings. The quantitative estimate of drug-likeness (QED) is 0.825. The molecule has 3 heteroatoms. The Morgan fingerprint density at radius 2 is 1.68 bits per heavy atom. The fraction of sp³-hybridized carbons (Fsp3) is 0.375. The molecule has 0 saturated heterocycles. The minimum Gasteiger partial charge on any atom is -0.493 e. The standard InChI is InChI=1S/C16H20O3/c1-11-9-13-6-5-12(7-8-17-2)10-14(13)16(19-4)15(11)18-3/h5-6,9-10H,7-8H2,1-4H3. The molecule has 3 nitrogen and oxygen atoms in total. The molecule has 0 radical (unpaired) electrons. The first-order valence-corrected chi connectivity index (χ1v) is 6.34. The Kier molecular flexibility index (Phi) is 4.27. The van der Waals surface area contributed by atoms with Gasteiger partial charge < -0.3 is 14.2 Å². The van der Waals surface area contributed by atoms with Gasteiger partial charge in [-0.25, -0.2) is 0 Å². The first-order chi connectivity index (χ1) is 9.21. The maximum Gasteiger partial charge on any atom is 0.168 e. The second-order valence-corrected chi connectivity index (χ2v) is 4.56. The van der Waals surface area contributed by atoms with Crippen molar-refractivity contribution in [3.63, 3.8) is 0 Å². The highest BCUT2D eigenvalue weighted by Gasteiger charge is 2.12. The van der Waals surface area contributed by atoms with Crippen LogP contribution in [0.2, 0.25) is 0 Å². The van der Waals surface area contributed by atoms with Gasteiger partial charge in [-0.05, 0) is 42.0 Å². The van der Waals surface area contributed by atoms with Gasteiger partial charge in [-0.15, -0.1) is 0 Å². The third-order valence-corrected chi connectivity index (χ3v) is 3.30. The maximum atomic E-state index is 5.53. The molecule has 102 valence electrons. The fourth-order valence-electron chi connectivity index (χ4n) is 2.36. The van der Waals surface area contributed by atoms with E-state index in [4.69, 9.17) is 14.2 Å². The smallest absolute Gasteiger partial charge is 0.168 e. The molecular weight excluding hydrogens is 240 g/mol. The predicted octanol–water partition coefficient (Wildman–Crippen LogP) is 3.35. The summed E-state index contributed by atoms with van der Waals surface area (Å²) in [5.74, 6) is 1.61. The molecule has 2 rings (SSSR count). The number of ether oxygens (including phenoxy) is 3. The maximum absolute atomic E-state index is 5.53. The summed E-state index contributed by atoms with van der Waals surface area (Å²) in [6.07, 6.45) is 0.895. The molecule has 0 spiro atoms. The van der Waals surface area contributed by atoms with Crippen molar-refractivity contribution in [3.05, 3.63) is 35.4 Å². The molecule has 0 fully saturated rings. The minimum absolute atomic E-state index is 0.719. The Morgan fingerprint density at radius 1 is 0.947 bits per heavy atom. The Labute approximate surface area is 114 Å². The van der Waals surface area contributed by atoms with Gasteiger partial charge in [-0.3, -0.25) is 0 Å². The summed E-state index contributed by atoms with van der Waals surface area (Å²) in [6.45, 7) is 2.75. The third kappa shape index (κ3) is 2.66. The number of benzene rings is 2. The molecule has 0 saturated carbocycles. The number of hydrogen-bond acceptors (Lipinski definition) is 3. The Morgan fingerprint density at radius 3 is 2.32 bits per heavy atom. The van der Waals surface area contributed by atoms with E-state index < -0.39 is 0 Å². The number of aryl methyl sites for hydroxylation is 1. The van der Waals surface area contributed by atoms with Gasteiger partial charge in [0.1, 0.15) is 0 Å². The van der Waals surface area contributed by atoms with E-state index in [1.807, 2.05) is 6.92 Å². The molecule has 0 aliphatic rings. The van der Waals surface area contributed by atoms with Crippen molar-refractivity contribution in [1.29, 1.82) is 0 Å². The average molecular weight is 260 g/mol. The number of hydrogen-bond donors (Lipinski definition) is 0. The van der Waals surface area contributed by atoms with Gasteiger partial charge >= 0.3 is 0 Å². The van der Waals surface area contributed by atoms with E-state index in [-0.39, 0.29) is 0 Å². The molecule has 0 aromatic heterocycles. The zero-order valence-electron chi connectivity index (χ0n) is 11.9. The van der Waals surface area contributed by atoms with Crippen molar-refractivity contribution in [2.45, 2.75) is 13.3 Å². The summed E-state index contributed by atoms with van der Waals surface area (Å²) in [7, 11) is 5.07. The van der Waals surface area contributed by atoms with Crippen LogP contribution in [0.4, 0.5) is 0 Å². The molecule has 2 aromatic carbocycles. The number of fused-ring (bicyclic) bond motifs is 1. The van der Waals surface area contributed by atoms with E-state index in [9.17, 15) is 0 Å². The highest BCUT2D eigenvalue weighted by Crippen LogP contribution is 2.38. The van der Waals surface area contributed by atoms with E-state index in [0.717, 1.165) is 40.9 Å². The van der Waals surface area contributed by atoms with Gasteiger partial charge in [-0.2, -0.15) is 0 Å². The predicted molar refractivity (Wildman–Crippen MR) is 77.4 cm³/mol. The van der Waals surface area contributed by atoms with Gasteiger partial charge in [-0.1, -0.05) is 12.1 Å². The van der Waals surface area contributed by atoms with Crippen LogP contribution in [0.1, 0.15) is 11.1 Å². The molecule has 0 amide bonds. The van der Waals surface area contributed by atoms with Crippen LogP contribution in [-0.2, 0) is 11.2 Å². The van der Waals surface area contributed by atoms with E-state index in [1.165, 1.54) is 5.56 Å². The van der Waals surface area contributed by atoms with Crippen molar-refractivity contribution in [2.75, 3.05) is 27.9 Å². The molecule has 0 aliphatic heterocycles. The second kappa shape index (κ2) is 5.93. The zero-order chi connectivity index (χ0) is 13.8. The Bertz CT molecular complexity index is 576. The second-order valence-electron chi connectivity index (χ2n) is 4.56. The third-order valence-electron chi connectivity index (χ3n) is 3.30. The molecule has 0 bridgehead atoms. The van der Waals surface area contributed by atoms with Crippen LogP contribution in [0.5, 0.6) is 11.5 Å². The lowest BCUT2D eigenvalue weighted by molar-refractivity contribution is 0.202. The zero-order valence-corrected chi connectivity index (χ0v) is 11.9. The first kappa shape index (κ1) is 13.7. The van der Waals surface area contributed by atoms with Crippen molar-refractivity contribution < 1.29 is 14.2 Å². The lowest BCUT2D eigenvalue weighted by atomic mass is 10.0. The highest BCUT2D eigenvalue weighted by molar-refractivity contribution is 5.92. The van der Waals surface area contributed by atoms with Crippen LogP contribution in [0, 0.1) is 6.92 Å². The van der Waals surface area contributed by atoms with Gasteiger partial charge in [0, 0.05) is 12.5 Å². The summed E-state index contributed by atoms with van der Waals surface area (Å²) in [5, 5.41) is 2.25. The topological polar surface area (TPSA) is 27.7 Å². The molecular formula is C16H20O3. The molecule has 0 N–H and O–H groups in total. The Balaban J connectivity index is 2.58. The van der Waals surface area contributed by atoms with Gasteiger partial charge in [0.05, 0.1) is 20.8 Å². The molecule has 0 unspecified atom stereocenters. The normalized spacial score (nSPS) is 10.7. The van der Waals surface area contributed by atoms with Crippen LogP contribution in [0.15, 0.2) is 24.3 Å². The first-order valence-electron chi connectivity index (χ1n) is 6.34. The summed E-state index contributed by atoms with van der Waals surface area (Å²) in [6, 6.07) is 8.52. The van der Waals surface area contributed by atoms with E-state index in [0.29, 0.717) is 0 Å². The highest BCUT2D eigenvalue weighted by atomic mass is 16.5. The van der Waals surface area contributed by atoms with Crippen molar-refractivity contribution in [3.8, 4) is 11.5 Å². The Hall–Kier alpha value is -1.74. The fourth-order valence-corrected chi connectivity index (χ4v) is 2.36. The van der Waals surface area contributed by atoms with Crippen LogP contribution >= 0.6 is 0 Å². The lowest BCUT2D eigenvalue weighted by Gasteiger charge is -2.14. The van der Waals surface area contributed by atoms with E-state index in [1.54, 1.807) is 21.3 Å². The molecule has 0 atom stereocenters. The van der Waals surface area contributed by atoms with Gasteiger partial charge in [0.25, 0.3) is 0 Å². The summed E-state index contributed by atoms with van der Waals surface area (Å²) in [4.78, 5) is 0. The molecule has 0 aliphatic carbocycles. The van der Waals surface area contributed by atoms with Gasteiger partial charge in [0.15, 0.2) is 11.5 Å². The van der Waals surface area contributed by atoms with Crippen LogP contribution in [0.3, 0.4) is 0 Å². The van der Waals surface area contributed by atoms with Crippen molar-refractivity contribution in [2.24, 2.45) is 0 Å². The van der Waals surface area contributed by atoms with Crippen LogP contribution < -0.4 is 9.47 Å². The number of methoxy groups -OCH3 is 3. The molecule has 0 heterocycles. The largest absolute Gasteiger partial charge is 0.493 e. The summed E-state index contributed by atoms with van der Waals surface area (Å²) in [5.41, 5.74) is 2.31. The van der Waals surface area contributed by atoms with E-state index in [2.05, 4.69) is 24.3 Å². The minimum atomic E-state index is 0.719. The lowest BCUT2D eigenvalue weighted by Crippen LogP contribution is -1.97. The summed E-state index contributed by atoms with van der Waals surface area (Å²) >= 11 is 0. The number of rotatable bonds is 5. The summed E-state index contributed by atoms with van der Waals surface area (Å²) < 4.78 is 16.1. The van der Waals surface area contributed by atoms with Crippen LogP contribution in [-0.4, -0.2) is 27.9 Å². The van der Waals surface area contributed by atoms with Crippen molar-refractivity contribution in [1.82, 2.24) is 0 Å².